The van der Waals surface area contributed by atoms with E-state index in [-0.39, 0.29) is 11.9 Å². The van der Waals surface area contributed by atoms with Gasteiger partial charge in [0.25, 0.3) is 0 Å². The number of nitrogens with zero attached hydrogens (tertiary/aromatic N) is 4. The summed E-state index contributed by atoms with van der Waals surface area (Å²) in [7, 11) is 0. The first-order valence-corrected chi connectivity index (χ1v) is 9.43. The van der Waals surface area contributed by atoms with Crippen molar-refractivity contribution in [3.05, 3.63) is 29.5 Å². The second-order valence-electron chi connectivity index (χ2n) is 5.44. The van der Waals surface area contributed by atoms with Gasteiger partial charge in [-0.2, -0.15) is 0 Å². The standard InChI is InChI=1S/C15H19N5OS2/c1-11-9-22-15(18-11)23-10-13(21)19-12-4-2-7-20(8-12)14-16-5-3-6-17-14/h3,5-6,9,12H,2,4,7-8,10H2,1H3,(H,19,21)/t12-/m0/s1. The third-order valence-corrected chi connectivity index (χ3v) is 5.69. The molecule has 0 aliphatic carbocycles. The number of rotatable bonds is 5. The van der Waals surface area contributed by atoms with Gasteiger partial charge in [-0.05, 0) is 25.8 Å². The molecular formula is C15H19N5OS2. The zero-order valence-electron chi connectivity index (χ0n) is 12.9. The van der Waals surface area contributed by atoms with Crippen molar-refractivity contribution < 1.29 is 4.79 Å². The Balaban J connectivity index is 1.48. The SMILES string of the molecule is Cc1csc(SCC(=O)N[C@H]2CCCN(c3ncccn3)C2)n1. The Kier molecular flexibility index (Phi) is 5.45. The van der Waals surface area contributed by atoms with Gasteiger partial charge in [-0.3, -0.25) is 4.79 Å². The number of thiazole rings is 1. The van der Waals surface area contributed by atoms with E-state index in [2.05, 4.69) is 25.2 Å². The highest BCUT2D eigenvalue weighted by atomic mass is 32.2. The number of anilines is 1. The Bertz CT molecular complexity index is 648. The molecular weight excluding hydrogens is 330 g/mol. The summed E-state index contributed by atoms with van der Waals surface area (Å²) >= 11 is 3.07. The third kappa shape index (κ3) is 4.65. The van der Waals surface area contributed by atoms with Crippen LogP contribution in [0.3, 0.4) is 0 Å². The second-order valence-corrected chi connectivity index (χ2v) is 7.53. The largest absolute Gasteiger partial charge is 0.351 e. The van der Waals surface area contributed by atoms with Gasteiger partial charge in [0.1, 0.15) is 0 Å². The Morgan fingerprint density at radius 1 is 1.48 bits per heavy atom. The number of thioether (sulfide) groups is 1. The molecule has 3 heterocycles. The van der Waals surface area contributed by atoms with Gasteiger partial charge < -0.3 is 10.2 Å². The third-order valence-electron chi connectivity index (χ3n) is 3.55. The van der Waals surface area contributed by atoms with Crippen molar-refractivity contribution in [1.29, 1.82) is 0 Å². The fraction of sp³-hybridized carbons (Fsp3) is 0.467. The van der Waals surface area contributed by atoms with Crippen LogP contribution in [0.1, 0.15) is 18.5 Å². The molecule has 1 fully saturated rings. The predicted octanol–water partition coefficient (Wildman–Crippen LogP) is 2.12. The first-order valence-electron chi connectivity index (χ1n) is 7.57. The Hall–Kier alpha value is -1.67. The summed E-state index contributed by atoms with van der Waals surface area (Å²) in [5.41, 5.74) is 1.00. The minimum Gasteiger partial charge on any atom is -0.351 e. The molecule has 0 aromatic carbocycles. The Labute approximate surface area is 143 Å². The first kappa shape index (κ1) is 16.2. The van der Waals surface area contributed by atoms with E-state index >= 15 is 0 Å². The van der Waals surface area contributed by atoms with E-state index < -0.39 is 0 Å². The van der Waals surface area contributed by atoms with E-state index in [1.807, 2.05) is 18.4 Å². The minimum absolute atomic E-state index is 0.0590. The van der Waals surface area contributed by atoms with Gasteiger partial charge in [-0.15, -0.1) is 11.3 Å². The van der Waals surface area contributed by atoms with Gasteiger partial charge in [-0.1, -0.05) is 11.8 Å². The Morgan fingerprint density at radius 2 is 2.30 bits per heavy atom. The number of hydrogen-bond acceptors (Lipinski definition) is 7. The maximum absolute atomic E-state index is 12.1. The molecule has 1 amide bonds. The zero-order valence-corrected chi connectivity index (χ0v) is 14.6. The van der Waals surface area contributed by atoms with E-state index in [0.29, 0.717) is 5.75 Å². The Morgan fingerprint density at radius 3 is 3.04 bits per heavy atom. The minimum atomic E-state index is 0.0590. The number of carbonyl (C=O) groups is 1. The normalized spacial score (nSPS) is 18.0. The fourth-order valence-corrected chi connectivity index (χ4v) is 4.19. The zero-order chi connectivity index (χ0) is 16.1. The van der Waals surface area contributed by atoms with Crippen LogP contribution < -0.4 is 10.2 Å². The summed E-state index contributed by atoms with van der Waals surface area (Å²) in [6.07, 6.45) is 5.52. The van der Waals surface area contributed by atoms with Crippen molar-refractivity contribution in [3.63, 3.8) is 0 Å². The van der Waals surface area contributed by atoms with Gasteiger partial charge in [0.2, 0.25) is 11.9 Å². The molecule has 1 aliphatic heterocycles. The predicted molar refractivity (Wildman–Crippen MR) is 93.0 cm³/mol. The molecule has 0 unspecified atom stereocenters. The fourth-order valence-electron chi connectivity index (χ4n) is 2.53. The molecule has 0 saturated carbocycles. The molecule has 0 spiro atoms. The molecule has 3 rings (SSSR count). The molecule has 2 aromatic rings. The molecule has 8 heteroatoms. The van der Waals surface area contributed by atoms with Crippen LogP contribution in [0.5, 0.6) is 0 Å². The summed E-state index contributed by atoms with van der Waals surface area (Å²) in [5.74, 6) is 1.20. The lowest BCUT2D eigenvalue weighted by Gasteiger charge is -2.33. The van der Waals surface area contributed by atoms with Crippen LogP contribution in [0.4, 0.5) is 5.95 Å². The lowest BCUT2D eigenvalue weighted by Crippen LogP contribution is -2.48. The molecule has 23 heavy (non-hydrogen) atoms. The van der Waals surface area contributed by atoms with Crippen LogP contribution in [0.15, 0.2) is 28.2 Å². The lowest BCUT2D eigenvalue weighted by atomic mass is 10.1. The van der Waals surface area contributed by atoms with Crippen LogP contribution in [-0.2, 0) is 4.79 Å². The molecule has 1 aliphatic rings. The van der Waals surface area contributed by atoms with E-state index in [1.165, 1.54) is 11.8 Å². The van der Waals surface area contributed by atoms with Crippen LogP contribution in [0.25, 0.3) is 0 Å². The number of piperidine rings is 1. The maximum atomic E-state index is 12.1. The summed E-state index contributed by atoms with van der Waals surface area (Å²) in [6, 6.07) is 1.96. The average molecular weight is 349 g/mol. The molecule has 2 aromatic heterocycles. The van der Waals surface area contributed by atoms with E-state index in [0.717, 1.165) is 41.9 Å². The smallest absolute Gasteiger partial charge is 0.230 e. The molecule has 0 bridgehead atoms. The molecule has 122 valence electrons. The number of carbonyl (C=O) groups excluding carboxylic acids is 1. The van der Waals surface area contributed by atoms with Gasteiger partial charge in [0, 0.05) is 42.6 Å². The number of aryl methyl sites for hydroxylation is 1. The van der Waals surface area contributed by atoms with Crippen molar-refractivity contribution in [1.82, 2.24) is 20.3 Å². The highest BCUT2D eigenvalue weighted by Crippen LogP contribution is 2.22. The van der Waals surface area contributed by atoms with Crippen molar-refractivity contribution in [2.75, 3.05) is 23.7 Å². The van der Waals surface area contributed by atoms with Crippen molar-refractivity contribution >= 4 is 35.0 Å². The molecule has 0 radical (unpaired) electrons. The quantitative estimate of drug-likeness (QED) is 0.834. The monoisotopic (exact) mass is 349 g/mol. The van der Waals surface area contributed by atoms with E-state index in [9.17, 15) is 4.79 Å². The highest BCUT2D eigenvalue weighted by Gasteiger charge is 2.22. The van der Waals surface area contributed by atoms with Crippen molar-refractivity contribution in [2.45, 2.75) is 30.1 Å². The number of amides is 1. The number of aromatic nitrogens is 3. The van der Waals surface area contributed by atoms with Crippen LogP contribution >= 0.6 is 23.1 Å². The molecule has 6 nitrogen and oxygen atoms in total. The number of nitrogens with one attached hydrogen (secondary N) is 1. The van der Waals surface area contributed by atoms with Gasteiger partial charge in [0.05, 0.1) is 5.75 Å². The summed E-state index contributed by atoms with van der Waals surface area (Å²) in [6.45, 7) is 3.66. The first-order chi connectivity index (χ1) is 11.2. The highest BCUT2D eigenvalue weighted by molar-refractivity contribution is 8.01. The average Bonchev–Trinajstić information content (AvgIpc) is 3.00. The van der Waals surface area contributed by atoms with Crippen molar-refractivity contribution in [3.8, 4) is 0 Å². The van der Waals surface area contributed by atoms with Gasteiger partial charge >= 0.3 is 0 Å². The van der Waals surface area contributed by atoms with Crippen LogP contribution in [-0.4, -0.2) is 45.7 Å². The summed E-state index contributed by atoms with van der Waals surface area (Å²) in [4.78, 5) is 27.2. The van der Waals surface area contributed by atoms with E-state index in [1.54, 1.807) is 23.7 Å². The molecule has 1 atom stereocenters. The van der Waals surface area contributed by atoms with E-state index in [4.69, 9.17) is 0 Å². The van der Waals surface area contributed by atoms with Gasteiger partial charge in [-0.25, -0.2) is 15.0 Å². The van der Waals surface area contributed by atoms with Crippen LogP contribution in [0.2, 0.25) is 0 Å². The lowest BCUT2D eigenvalue weighted by molar-refractivity contribution is -0.119. The molecule has 1 saturated heterocycles. The second kappa shape index (κ2) is 7.74. The maximum Gasteiger partial charge on any atom is 0.230 e. The van der Waals surface area contributed by atoms with Crippen LogP contribution in [0, 0.1) is 6.92 Å². The summed E-state index contributed by atoms with van der Waals surface area (Å²) in [5, 5.41) is 5.11. The van der Waals surface area contributed by atoms with Crippen molar-refractivity contribution in [2.24, 2.45) is 0 Å². The molecule has 1 N–H and O–H groups in total. The van der Waals surface area contributed by atoms with Gasteiger partial charge in [0.15, 0.2) is 4.34 Å². The topological polar surface area (TPSA) is 71.0 Å². The summed E-state index contributed by atoms with van der Waals surface area (Å²) < 4.78 is 0.945. The number of hydrogen-bond donors (Lipinski definition) is 1.